The molecular formula is C8H16N4. The van der Waals surface area contributed by atoms with Crippen LogP contribution in [0.5, 0.6) is 0 Å². The molecule has 2 heterocycles. The van der Waals surface area contributed by atoms with Crippen molar-refractivity contribution in [2.45, 2.75) is 33.7 Å². The molecule has 0 radical (unpaired) electrons. The van der Waals surface area contributed by atoms with Crippen LogP contribution in [0.25, 0.3) is 0 Å². The van der Waals surface area contributed by atoms with E-state index in [-0.39, 0.29) is 0 Å². The maximum atomic E-state index is 4.19. The van der Waals surface area contributed by atoms with Crippen molar-refractivity contribution in [3.05, 3.63) is 5.82 Å². The van der Waals surface area contributed by atoms with E-state index in [2.05, 4.69) is 15.4 Å². The van der Waals surface area contributed by atoms with Crippen molar-refractivity contribution in [2.24, 2.45) is 0 Å². The van der Waals surface area contributed by atoms with Crippen molar-refractivity contribution in [3.63, 3.8) is 0 Å². The van der Waals surface area contributed by atoms with Crippen molar-refractivity contribution >= 4 is 5.95 Å². The molecule has 0 saturated heterocycles. The number of fused-ring (bicyclic) bond motifs is 1. The molecular weight excluding hydrogens is 152 g/mol. The number of rotatable bonds is 0. The van der Waals surface area contributed by atoms with Crippen LogP contribution in [0.15, 0.2) is 0 Å². The van der Waals surface area contributed by atoms with Crippen LogP contribution in [-0.4, -0.2) is 21.3 Å². The lowest BCUT2D eigenvalue weighted by Crippen LogP contribution is -2.17. The van der Waals surface area contributed by atoms with Gasteiger partial charge < -0.3 is 5.32 Å². The Morgan fingerprint density at radius 2 is 2.17 bits per heavy atom. The highest BCUT2D eigenvalue weighted by Crippen LogP contribution is 2.09. The lowest BCUT2D eigenvalue weighted by atomic mass is 10.4. The van der Waals surface area contributed by atoms with E-state index in [9.17, 15) is 0 Å². The molecule has 0 saturated carbocycles. The number of aryl methyl sites for hydroxylation is 2. The maximum absolute atomic E-state index is 4.19. The summed E-state index contributed by atoms with van der Waals surface area (Å²) < 4.78 is 1.92. The van der Waals surface area contributed by atoms with Crippen LogP contribution >= 0.6 is 0 Å². The van der Waals surface area contributed by atoms with Gasteiger partial charge in [0, 0.05) is 13.1 Å². The Hall–Kier alpha value is -1.06. The van der Waals surface area contributed by atoms with Gasteiger partial charge in [0.25, 0.3) is 0 Å². The molecule has 68 valence electrons. The molecule has 0 aliphatic carbocycles. The normalized spacial score (nSPS) is 13.9. The summed E-state index contributed by atoms with van der Waals surface area (Å²) in [6.07, 6.45) is 1.15. The Morgan fingerprint density at radius 1 is 1.42 bits per heavy atom. The fraction of sp³-hybridized carbons (Fsp3) is 0.750. The summed E-state index contributed by atoms with van der Waals surface area (Å²) in [5, 5.41) is 7.37. The highest BCUT2D eigenvalue weighted by molar-refractivity contribution is 5.26. The second-order valence-corrected chi connectivity index (χ2v) is 2.49. The van der Waals surface area contributed by atoms with Gasteiger partial charge in [0.15, 0.2) is 0 Å². The van der Waals surface area contributed by atoms with E-state index in [0.29, 0.717) is 0 Å². The van der Waals surface area contributed by atoms with E-state index < -0.39 is 0 Å². The van der Waals surface area contributed by atoms with Crippen molar-refractivity contribution in [2.75, 3.05) is 11.9 Å². The maximum Gasteiger partial charge on any atom is 0.221 e. The molecule has 1 N–H and O–H groups in total. The van der Waals surface area contributed by atoms with Gasteiger partial charge in [0.05, 0.1) is 0 Å². The van der Waals surface area contributed by atoms with E-state index in [0.717, 1.165) is 31.3 Å². The molecule has 0 amide bonds. The zero-order valence-electron chi connectivity index (χ0n) is 7.96. The van der Waals surface area contributed by atoms with E-state index >= 15 is 0 Å². The van der Waals surface area contributed by atoms with E-state index in [4.69, 9.17) is 0 Å². The van der Waals surface area contributed by atoms with E-state index in [1.165, 1.54) is 0 Å². The summed E-state index contributed by atoms with van der Waals surface area (Å²) in [5.74, 6) is 1.77. The lowest BCUT2D eigenvalue weighted by Gasteiger charge is -2.12. The van der Waals surface area contributed by atoms with Gasteiger partial charge in [-0.15, -0.1) is 0 Å². The Labute approximate surface area is 73.0 Å². The molecule has 0 spiro atoms. The van der Waals surface area contributed by atoms with Gasteiger partial charge in [0.2, 0.25) is 5.95 Å². The molecule has 2 rings (SSSR count). The Balaban J connectivity index is 0.000000336. The van der Waals surface area contributed by atoms with Gasteiger partial charge >= 0.3 is 0 Å². The average molecular weight is 168 g/mol. The van der Waals surface area contributed by atoms with Crippen LogP contribution in [0, 0.1) is 6.92 Å². The smallest absolute Gasteiger partial charge is 0.221 e. The molecule has 0 bridgehead atoms. The highest BCUT2D eigenvalue weighted by atomic mass is 15.4. The van der Waals surface area contributed by atoms with Gasteiger partial charge in [-0.05, 0) is 13.3 Å². The van der Waals surface area contributed by atoms with Gasteiger partial charge in [-0.3, -0.25) is 0 Å². The third-order valence-electron chi connectivity index (χ3n) is 1.61. The monoisotopic (exact) mass is 168 g/mol. The minimum atomic E-state index is 0.851. The number of hydrogen-bond donors (Lipinski definition) is 1. The van der Waals surface area contributed by atoms with Crippen LogP contribution in [0.3, 0.4) is 0 Å². The molecule has 0 fully saturated rings. The lowest BCUT2D eigenvalue weighted by molar-refractivity contribution is 0.563. The average Bonchev–Trinajstić information content (AvgIpc) is 2.48. The third-order valence-corrected chi connectivity index (χ3v) is 1.61. The van der Waals surface area contributed by atoms with Crippen LogP contribution in [-0.2, 0) is 6.54 Å². The van der Waals surface area contributed by atoms with Crippen molar-refractivity contribution < 1.29 is 0 Å². The first-order chi connectivity index (χ1) is 5.86. The van der Waals surface area contributed by atoms with Crippen LogP contribution in [0.2, 0.25) is 0 Å². The number of aromatic nitrogens is 3. The Morgan fingerprint density at radius 3 is 2.83 bits per heavy atom. The molecule has 1 aliphatic heterocycles. The number of hydrogen-bond acceptors (Lipinski definition) is 3. The molecule has 1 aliphatic rings. The third kappa shape index (κ3) is 1.75. The number of nitrogens with one attached hydrogen (secondary N) is 1. The topological polar surface area (TPSA) is 42.7 Å². The second kappa shape index (κ2) is 4.09. The largest absolute Gasteiger partial charge is 0.354 e. The summed E-state index contributed by atoms with van der Waals surface area (Å²) in [6.45, 7) is 7.94. The van der Waals surface area contributed by atoms with Crippen LogP contribution in [0.1, 0.15) is 26.1 Å². The summed E-state index contributed by atoms with van der Waals surface area (Å²) >= 11 is 0. The zero-order chi connectivity index (χ0) is 8.97. The number of anilines is 1. The summed E-state index contributed by atoms with van der Waals surface area (Å²) in [5.41, 5.74) is 0. The van der Waals surface area contributed by atoms with Gasteiger partial charge in [-0.1, -0.05) is 13.8 Å². The first-order valence-electron chi connectivity index (χ1n) is 4.51. The van der Waals surface area contributed by atoms with Crippen molar-refractivity contribution in [1.29, 1.82) is 0 Å². The van der Waals surface area contributed by atoms with Gasteiger partial charge in [-0.25, -0.2) is 4.68 Å². The molecule has 0 unspecified atom stereocenters. The Bertz CT molecular complexity index is 218. The van der Waals surface area contributed by atoms with Gasteiger partial charge in [-0.2, -0.15) is 10.1 Å². The summed E-state index contributed by atoms with van der Waals surface area (Å²) in [7, 11) is 0. The van der Waals surface area contributed by atoms with Crippen molar-refractivity contribution in [1.82, 2.24) is 14.8 Å². The summed E-state index contributed by atoms with van der Waals surface area (Å²) in [4.78, 5) is 4.19. The molecule has 4 nitrogen and oxygen atoms in total. The molecule has 1 aromatic heterocycles. The predicted octanol–water partition coefficient (Wildman–Crippen LogP) is 1.43. The second-order valence-electron chi connectivity index (χ2n) is 2.49. The van der Waals surface area contributed by atoms with E-state index in [1.807, 2.05) is 25.5 Å². The highest BCUT2D eigenvalue weighted by Gasteiger charge is 2.09. The minimum Gasteiger partial charge on any atom is -0.354 e. The first-order valence-corrected chi connectivity index (χ1v) is 4.51. The first kappa shape index (κ1) is 9.03. The van der Waals surface area contributed by atoms with Crippen LogP contribution < -0.4 is 5.32 Å². The van der Waals surface area contributed by atoms with Gasteiger partial charge in [0.1, 0.15) is 5.82 Å². The fourth-order valence-electron chi connectivity index (χ4n) is 1.17. The Kier molecular flexibility index (Phi) is 3.08. The van der Waals surface area contributed by atoms with Crippen LogP contribution in [0.4, 0.5) is 5.95 Å². The predicted molar refractivity (Wildman–Crippen MR) is 49.2 cm³/mol. The zero-order valence-corrected chi connectivity index (χ0v) is 7.96. The van der Waals surface area contributed by atoms with E-state index in [1.54, 1.807) is 0 Å². The minimum absolute atomic E-state index is 0.851. The standard InChI is InChI=1S/C6H10N4.C2H6/c1-5-8-6-7-3-2-4-10(6)9-5;1-2/h2-4H2,1H3,(H,7,8,9);1-2H3. The fourth-order valence-corrected chi connectivity index (χ4v) is 1.17. The molecule has 0 atom stereocenters. The number of nitrogens with zero attached hydrogens (tertiary/aromatic N) is 3. The molecule has 4 heteroatoms. The molecule has 12 heavy (non-hydrogen) atoms. The quantitative estimate of drug-likeness (QED) is 0.637. The molecule has 0 aromatic carbocycles. The SMILES string of the molecule is CC.Cc1nc2n(n1)CCCN2. The summed E-state index contributed by atoms with van der Waals surface area (Å²) in [6, 6.07) is 0. The molecule has 1 aromatic rings. The van der Waals surface area contributed by atoms with Crippen molar-refractivity contribution in [3.8, 4) is 0 Å².